The highest BCUT2D eigenvalue weighted by Crippen LogP contribution is 2.45. The minimum Gasteiger partial charge on any atom is -0.469 e. The summed E-state index contributed by atoms with van der Waals surface area (Å²) in [5.41, 5.74) is 0.668. The number of esters is 1. The molecule has 1 aliphatic carbocycles. The van der Waals surface area contributed by atoms with Crippen LogP contribution in [0.3, 0.4) is 0 Å². The van der Waals surface area contributed by atoms with Gasteiger partial charge in [-0.2, -0.15) is 0 Å². The first-order valence-electron chi connectivity index (χ1n) is 6.20. The lowest BCUT2D eigenvalue weighted by molar-refractivity contribution is -0.146. The van der Waals surface area contributed by atoms with Crippen molar-refractivity contribution in [2.45, 2.75) is 19.3 Å². The van der Waals surface area contributed by atoms with Crippen LogP contribution in [0, 0.1) is 11.2 Å². The molecule has 0 amide bonds. The Hall–Kier alpha value is -1.42. The number of rotatable bonds is 6. The van der Waals surface area contributed by atoms with Gasteiger partial charge in [-0.25, -0.2) is 4.39 Å². The van der Waals surface area contributed by atoms with Gasteiger partial charge in [0.1, 0.15) is 5.82 Å². The summed E-state index contributed by atoms with van der Waals surface area (Å²) in [6.07, 6.45) is 2.55. The van der Waals surface area contributed by atoms with Gasteiger partial charge in [-0.1, -0.05) is 12.1 Å². The van der Waals surface area contributed by atoms with Gasteiger partial charge in [0.05, 0.1) is 12.5 Å². The lowest BCUT2D eigenvalue weighted by atomic mass is 10.1. The second-order valence-electron chi connectivity index (χ2n) is 4.83. The van der Waals surface area contributed by atoms with E-state index in [1.54, 1.807) is 6.07 Å². The molecule has 2 rings (SSSR count). The Morgan fingerprint density at radius 2 is 2.28 bits per heavy atom. The third-order valence-electron chi connectivity index (χ3n) is 3.41. The molecular weight excluding hydrogens is 233 g/mol. The molecule has 1 aromatic rings. The largest absolute Gasteiger partial charge is 0.469 e. The zero-order valence-electron chi connectivity index (χ0n) is 10.5. The summed E-state index contributed by atoms with van der Waals surface area (Å²) in [4.78, 5) is 11.5. The Kier molecular flexibility index (Phi) is 3.97. The van der Waals surface area contributed by atoms with E-state index in [4.69, 9.17) is 4.74 Å². The van der Waals surface area contributed by atoms with E-state index >= 15 is 0 Å². The van der Waals surface area contributed by atoms with Gasteiger partial charge in [0.25, 0.3) is 0 Å². The molecule has 3 nitrogen and oxygen atoms in total. The fourth-order valence-corrected chi connectivity index (χ4v) is 2.07. The number of ether oxygens (including phenoxy) is 1. The molecule has 1 saturated carbocycles. The SMILES string of the molecule is COC(=O)C1(CNCCc2cccc(F)c2)CC1. The Balaban J connectivity index is 1.72. The van der Waals surface area contributed by atoms with Crippen LogP contribution in [0.4, 0.5) is 4.39 Å². The van der Waals surface area contributed by atoms with E-state index in [1.165, 1.54) is 19.2 Å². The van der Waals surface area contributed by atoms with Gasteiger partial charge < -0.3 is 10.1 Å². The Labute approximate surface area is 106 Å². The molecule has 1 fully saturated rings. The Morgan fingerprint density at radius 1 is 1.50 bits per heavy atom. The molecule has 0 spiro atoms. The molecule has 0 aromatic heterocycles. The van der Waals surface area contributed by atoms with Crippen molar-refractivity contribution in [2.75, 3.05) is 20.2 Å². The van der Waals surface area contributed by atoms with Crippen LogP contribution in [0.2, 0.25) is 0 Å². The molecule has 4 heteroatoms. The van der Waals surface area contributed by atoms with Gasteiger partial charge in [0, 0.05) is 6.54 Å². The van der Waals surface area contributed by atoms with Gasteiger partial charge in [-0.3, -0.25) is 4.79 Å². The highest BCUT2D eigenvalue weighted by molar-refractivity contribution is 5.80. The molecular formula is C14H18FNO2. The van der Waals surface area contributed by atoms with Crippen LogP contribution in [0.15, 0.2) is 24.3 Å². The number of benzene rings is 1. The van der Waals surface area contributed by atoms with Crippen molar-refractivity contribution < 1.29 is 13.9 Å². The molecule has 1 aliphatic rings. The predicted molar refractivity (Wildman–Crippen MR) is 66.7 cm³/mol. The molecule has 0 atom stereocenters. The summed E-state index contributed by atoms with van der Waals surface area (Å²) < 4.78 is 17.7. The number of halogens is 1. The number of carbonyl (C=O) groups excluding carboxylic acids is 1. The van der Waals surface area contributed by atoms with Crippen LogP contribution < -0.4 is 5.32 Å². The van der Waals surface area contributed by atoms with Crippen molar-refractivity contribution in [3.8, 4) is 0 Å². The molecule has 0 saturated heterocycles. The standard InChI is InChI=1S/C14H18FNO2/c1-18-13(17)14(6-7-14)10-16-8-5-11-3-2-4-12(15)9-11/h2-4,9,16H,5-8,10H2,1H3. The van der Waals surface area contributed by atoms with Gasteiger partial charge >= 0.3 is 5.97 Å². The van der Waals surface area contributed by atoms with Crippen molar-refractivity contribution in [1.82, 2.24) is 5.32 Å². The summed E-state index contributed by atoms with van der Waals surface area (Å²) in [6, 6.07) is 6.59. The highest BCUT2D eigenvalue weighted by Gasteiger charge is 2.50. The summed E-state index contributed by atoms with van der Waals surface area (Å²) in [7, 11) is 1.43. The maximum atomic E-state index is 12.9. The summed E-state index contributed by atoms with van der Waals surface area (Å²) in [5.74, 6) is -0.332. The van der Waals surface area contributed by atoms with Crippen molar-refractivity contribution in [2.24, 2.45) is 5.41 Å². The van der Waals surface area contributed by atoms with E-state index < -0.39 is 0 Å². The minimum absolute atomic E-state index is 0.124. The Morgan fingerprint density at radius 3 is 2.89 bits per heavy atom. The van der Waals surface area contributed by atoms with Crippen molar-refractivity contribution in [3.63, 3.8) is 0 Å². The third kappa shape index (κ3) is 3.07. The van der Waals surface area contributed by atoms with Crippen LogP contribution in [-0.2, 0) is 16.0 Å². The molecule has 1 N–H and O–H groups in total. The second kappa shape index (κ2) is 5.48. The van der Waals surface area contributed by atoms with Crippen LogP contribution in [0.25, 0.3) is 0 Å². The van der Waals surface area contributed by atoms with Gasteiger partial charge in [-0.05, 0) is 43.5 Å². The van der Waals surface area contributed by atoms with E-state index in [1.807, 2.05) is 6.07 Å². The monoisotopic (exact) mass is 251 g/mol. The number of nitrogens with one attached hydrogen (secondary N) is 1. The third-order valence-corrected chi connectivity index (χ3v) is 3.41. The topological polar surface area (TPSA) is 38.3 Å². The van der Waals surface area contributed by atoms with Gasteiger partial charge in [0.2, 0.25) is 0 Å². The molecule has 0 unspecified atom stereocenters. The smallest absolute Gasteiger partial charge is 0.313 e. The fourth-order valence-electron chi connectivity index (χ4n) is 2.07. The second-order valence-corrected chi connectivity index (χ2v) is 4.83. The average molecular weight is 251 g/mol. The predicted octanol–water partition coefficient (Wildman–Crippen LogP) is 1.91. The quantitative estimate of drug-likeness (QED) is 0.620. The normalized spacial score (nSPS) is 16.3. The van der Waals surface area contributed by atoms with Gasteiger partial charge in [0.15, 0.2) is 0 Å². The maximum absolute atomic E-state index is 12.9. The number of hydrogen-bond acceptors (Lipinski definition) is 3. The lowest BCUT2D eigenvalue weighted by Gasteiger charge is -2.13. The van der Waals surface area contributed by atoms with Crippen LogP contribution in [0.5, 0.6) is 0 Å². The molecule has 98 valence electrons. The van der Waals surface area contributed by atoms with Crippen molar-refractivity contribution in [3.05, 3.63) is 35.6 Å². The Bertz CT molecular complexity index is 430. The van der Waals surface area contributed by atoms with E-state index in [0.29, 0.717) is 6.54 Å². The summed E-state index contributed by atoms with van der Waals surface area (Å²) in [6.45, 7) is 1.39. The van der Waals surface area contributed by atoms with Gasteiger partial charge in [-0.15, -0.1) is 0 Å². The van der Waals surface area contributed by atoms with Crippen LogP contribution in [0.1, 0.15) is 18.4 Å². The summed E-state index contributed by atoms with van der Waals surface area (Å²) >= 11 is 0. The first kappa shape index (κ1) is 13.0. The zero-order valence-corrected chi connectivity index (χ0v) is 10.5. The number of hydrogen-bond donors (Lipinski definition) is 1. The van der Waals surface area contributed by atoms with Crippen molar-refractivity contribution >= 4 is 5.97 Å². The zero-order chi connectivity index (χ0) is 13.0. The van der Waals surface area contributed by atoms with E-state index in [2.05, 4.69) is 5.32 Å². The van der Waals surface area contributed by atoms with Crippen LogP contribution in [-0.4, -0.2) is 26.2 Å². The van der Waals surface area contributed by atoms with Crippen LogP contribution >= 0.6 is 0 Å². The van der Waals surface area contributed by atoms with E-state index in [0.717, 1.165) is 31.4 Å². The number of methoxy groups -OCH3 is 1. The first-order valence-corrected chi connectivity index (χ1v) is 6.20. The number of carbonyl (C=O) groups is 1. The minimum atomic E-state index is -0.295. The average Bonchev–Trinajstić information content (AvgIpc) is 3.15. The van der Waals surface area contributed by atoms with E-state index in [9.17, 15) is 9.18 Å². The van der Waals surface area contributed by atoms with Crippen molar-refractivity contribution in [1.29, 1.82) is 0 Å². The maximum Gasteiger partial charge on any atom is 0.313 e. The highest BCUT2D eigenvalue weighted by atomic mass is 19.1. The van der Waals surface area contributed by atoms with E-state index in [-0.39, 0.29) is 17.2 Å². The molecule has 1 aromatic carbocycles. The fraction of sp³-hybridized carbons (Fsp3) is 0.500. The first-order chi connectivity index (χ1) is 8.66. The molecule has 0 heterocycles. The molecule has 0 radical (unpaired) electrons. The summed E-state index contributed by atoms with van der Waals surface area (Å²) in [5, 5.41) is 3.25. The lowest BCUT2D eigenvalue weighted by Crippen LogP contribution is -2.32. The molecule has 0 bridgehead atoms. The molecule has 0 aliphatic heterocycles. The molecule has 18 heavy (non-hydrogen) atoms.